The van der Waals surface area contributed by atoms with Gasteiger partial charge in [0.25, 0.3) is 5.91 Å². The highest BCUT2D eigenvalue weighted by atomic mass is 16.3. The van der Waals surface area contributed by atoms with Crippen LogP contribution in [-0.4, -0.2) is 18.4 Å². The molecule has 3 aromatic rings. The maximum atomic E-state index is 12.5. The van der Waals surface area contributed by atoms with E-state index >= 15 is 0 Å². The number of aryl methyl sites for hydroxylation is 1. The number of fused-ring (bicyclic) bond motifs is 1. The van der Waals surface area contributed by atoms with Crippen LogP contribution in [0.4, 0.5) is 11.4 Å². The van der Waals surface area contributed by atoms with Gasteiger partial charge in [-0.1, -0.05) is 18.2 Å². The van der Waals surface area contributed by atoms with Crippen LogP contribution < -0.4 is 10.2 Å². The number of carbonyl (C=O) groups is 2. The first-order chi connectivity index (χ1) is 12.6. The Kier molecular flexibility index (Phi) is 4.21. The summed E-state index contributed by atoms with van der Waals surface area (Å²) in [6, 6.07) is 14.9. The number of nitrogens with one attached hydrogen (secondary N) is 1. The molecule has 0 spiro atoms. The molecule has 1 aliphatic heterocycles. The second-order valence-corrected chi connectivity index (χ2v) is 6.61. The molecular formula is C21H20N2O3. The summed E-state index contributed by atoms with van der Waals surface area (Å²) in [5.74, 6) is 0.153. The number of hydrogen-bond donors (Lipinski definition) is 1. The van der Waals surface area contributed by atoms with Gasteiger partial charge in [0.1, 0.15) is 5.58 Å². The highest BCUT2D eigenvalue weighted by molar-refractivity contribution is 6.05. The number of para-hydroxylation sites is 1. The van der Waals surface area contributed by atoms with Gasteiger partial charge in [-0.2, -0.15) is 0 Å². The van der Waals surface area contributed by atoms with E-state index in [1.165, 1.54) is 0 Å². The number of piperidine rings is 1. The van der Waals surface area contributed by atoms with E-state index in [0.29, 0.717) is 17.7 Å². The van der Waals surface area contributed by atoms with Gasteiger partial charge in [-0.05, 0) is 55.7 Å². The summed E-state index contributed by atoms with van der Waals surface area (Å²) in [4.78, 5) is 26.4. The second-order valence-electron chi connectivity index (χ2n) is 6.61. The molecule has 1 aliphatic rings. The number of rotatable bonds is 3. The number of anilines is 2. The summed E-state index contributed by atoms with van der Waals surface area (Å²) in [5, 5.41) is 3.76. The van der Waals surface area contributed by atoms with Crippen LogP contribution in [0.5, 0.6) is 0 Å². The molecule has 2 heterocycles. The monoisotopic (exact) mass is 348 g/mol. The van der Waals surface area contributed by atoms with Crippen LogP contribution in [-0.2, 0) is 4.79 Å². The minimum absolute atomic E-state index is 0.165. The van der Waals surface area contributed by atoms with E-state index < -0.39 is 0 Å². The number of carbonyl (C=O) groups excluding carboxylic acids is 2. The number of hydrogen-bond acceptors (Lipinski definition) is 3. The van der Waals surface area contributed by atoms with Crippen molar-refractivity contribution in [1.29, 1.82) is 0 Å². The van der Waals surface area contributed by atoms with E-state index in [1.54, 1.807) is 6.07 Å². The van der Waals surface area contributed by atoms with Crippen LogP contribution >= 0.6 is 0 Å². The fourth-order valence-corrected chi connectivity index (χ4v) is 3.38. The first-order valence-corrected chi connectivity index (χ1v) is 8.83. The number of benzene rings is 2. The maximum absolute atomic E-state index is 12.5. The quantitative estimate of drug-likeness (QED) is 0.757. The van der Waals surface area contributed by atoms with E-state index in [2.05, 4.69) is 5.32 Å². The van der Waals surface area contributed by atoms with Crippen LogP contribution in [0.3, 0.4) is 0 Å². The maximum Gasteiger partial charge on any atom is 0.291 e. The molecular weight excluding hydrogens is 328 g/mol. The lowest BCUT2D eigenvalue weighted by Gasteiger charge is -2.28. The first-order valence-electron chi connectivity index (χ1n) is 8.83. The Morgan fingerprint density at radius 2 is 1.96 bits per heavy atom. The van der Waals surface area contributed by atoms with Gasteiger partial charge in [-0.3, -0.25) is 9.59 Å². The zero-order valence-corrected chi connectivity index (χ0v) is 14.6. The van der Waals surface area contributed by atoms with Gasteiger partial charge in [0.05, 0.1) is 0 Å². The summed E-state index contributed by atoms with van der Waals surface area (Å²) < 4.78 is 5.60. The lowest BCUT2D eigenvalue weighted by Crippen LogP contribution is -2.35. The van der Waals surface area contributed by atoms with Crippen LogP contribution in [0, 0.1) is 6.92 Å². The fraction of sp³-hybridized carbons (Fsp3) is 0.238. The number of furan rings is 1. The molecule has 1 fully saturated rings. The molecule has 5 nitrogen and oxygen atoms in total. The number of amides is 2. The molecule has 1 saturated heterocycles. The molecule has 1 aromatic heterocycles. The van der Waals surface area contributed by atoms with Gasteiger partial charge >= 0.3 is 0 Å². The first kappa shape index (κ1) is 16.4. The summed E-state index contributed by atoms with van der Waals surface area (Å²) in [5.41, 5.74) is 3.24. The third kappa shape index (κ3) is 3.08. The number of nitrogens with zero attached hydrogens (tertiary/aromatic N) is 1. The van der Waals surface area contributed by atoms with Gasteiger partial charge in [-0.25, -0.2) is 0 Å². The standard InChI is InChI=1S/C21H20N2O3/c1-14-12-16(9-10-17(14)23-11-5-4-8-20(23)24)22-21(25)19-13-15-6-2-3-7-18(15)26-19/h2-3,6-7,9-10,12-13H,4-5,8,11H2,1H3,(H,22,25). The van der Waals surface area contributed by atoms with E-state index in [4.69, 9.17) is 4.42 Å². The Balaban J connectivity index is 1.53. The summed E-state index contributed by atoms with van der Waals surface area (Å²) in [6.45, 7) is 2.71. The Hall–Kier alpha value is -3.08. The van der Waals surface area contributed by atoms with E-state index in [1.807, 2.05) is 54.3 Å². The van der Waals surface area contributed by atoms with Gasteiger partial charge in [-0.15, -0.1) is 0 Å². The largest absolute Gasteiger partial charge is 0.451 e. The van der Waals surface area contributed by atoms with Crippen molar-refractivity contribution < 1.29 is 14.0 Å². The smallest absolute Gasteiger partial charge is 0.291 e. The van der Waals surface area contributed by atoms with Crippen LogP contribution in [0.2, 0.25) is 0 Å². The summed E-state index contributed by atoms with van der Waals surface area (Å²) >= 11 is 0. The van der Waals surface area contributed by atoms with Crippen molar-refractivity contribution in [3.8, 4) is 0 Å². The molecule has 2 aromatic carbocycles. The minimum Gasteiger partial charge on any atom is -0.451 e. The topological polar surface area (TPSA) is 62.6 Å². The highest BCUT2D eigenvalue weighted by Gasteiger charge is 2.21. The summed E-state index contributed by atoms with van der Waals surface area (Å²) in [7, 11) is 0. The summed E-state index contributed by atoms with van der Waals surface area (Å²) in [6.07, 6.45) is 2.58. The lowest BCUT2D eigenvalue weighted by molar-refractivity contribution is -0.119. The van der Waals surface area contributed by atoms with Crippen molar-refractivity contribution in [3.63, 3.8) is 0 Å². The van der Waals surface area contributed by atoms with Crippen molar-refractivity contribution in [2.75, 3.05) is 16.8 Å². The van der Waals surface area contributed by atoms with Crippen molar-refractivity contribution in [3.05, 3.63) is 59.9 Å². The molecule has 0 atom stereocenters. The molecule has 5 heteroatoms. The van der Waals surface area contributed by atoms with Gasteiger partial charge < -0.3 is 14.6 Å². The van der Waals surface area contributed by atoms with E-state index in [-0.39, 0.29) is 17.6 Å². The molecule has 0 bridgehead atoms. The average molecular weight is 348 g/mol. The Labute approximate surface area is 151 Å². The van der Waals surface area contributed by atoms with Crippen molar-refractivity contribution in [1.82, 2.24) is 0 Å². The van der Waals surface area contributed by atoms with Crippen molar-refractivity contribution in [2.24, 2.45) is 0 Å². The Morgan fingerprint density at radius 1 is 1.12 bits per heavy atom. The molecule has 4 rings (SSSR count). The zero-order chi connectivity index (χ0) is 18.1. The Bertz CT molecular complexity index is 957. The molecule has 0 aliphatic carbocycles. The third-order valence-electron chi connectivity index (χ3n) is 4.72. The molecule has 0 radical (unpaired) electrons. The van der Waals surface area contributed by atoms with Gasteiger partial charge in [0.2, 0.25) is 5.91 Å². The van der Waals surface area contributed by atoms with Crippen LogP contribution in [0.15, 0.2) is 52.9 Å². The predicted molar refractivity (Wildman–Crippen MR) is 102 cm³/mol. The van der Waals surface area contributed by atoms with Crippen molar-refractivity contribution in [2.45, 2.75) is 26.2 Å². The predicted octanol–water partition coefficient (Wildman–Crippen LogP) is 4.51. The zero-order valence-electron chi connectivity index (χ0n) is 14.6. The Morgan fingerprint density at radius 3 is 2.73 bits per heavy atom. The van der Waals surface area contributed by atoms with Crippen LogP contribution in [0.25, 0.3) is 11.0 Å². The van der Waals surface area contributed by atoms with E-state index in [9.17, 15) is 9.59 Å². The van der Waals surface area contributed by atoms with Gasteiger partial charge in [0, 0.05) is 29.7 Å². The molecule has 0 saturated carbocycles. The minimum atomic E-state index is -0.289. The molecule has 0 unspecified atom stereocenters. The third-order valence-corrected chi connectivity index (χ3v) is 4.72. The SMILES string of the molecule is Cc1cc(NC(=O)c2cc3ccccc3o2)ccc1N1CCCCC1=O. The average Bonchev–Trinajstić information content (AvgIpc) is 3.07. The van der Waals surface area contributed by atoms with Gasteiger partial charge in [0.15, 0.2) is 5.76 Å². The molecule has 2 amide bonds. The van der Waals surface area contributed by atoms with Crippen molar-refractivity contribution >= 4 is 34.2 Å². The van der Waals surface area contributed by atoms with E-state index in [0.717, 1.165) is 36.0 Å². The normalized spacial score (nSPS) is 14.7. The molecule has 26 heavy (non-hydrogen) atoms. The fourth-order valence-electron chi connectivity index (χ4n) is 3.38. The highest BCUT2D eigenvalue weighted by Crippen LogP contribution is 2.27. The lowest BCUT2D eigenvalue weighted by atomic mass is 10.1. The molecule has 132 valence electrons. The second kappa shape index (κ2) is 6.67. The molecule has 1 N–H and O–H groups in total. The van der Waals surface area contributed by atoms with Crippen LogP contribution in [0.1, 0.15) is 35.4 Å².